The molecule has 0 aliphatic rings. The highest BCUT2D eigenvalue weighted by Gasteiger charge is 2.04. The molecule has 0 spiro atoms. The van der Waals surface area contributed by atoms with Crippen LogP contribution in [0.4, 0.5) is 0 Å². The minimum absolute atomic E-state index is 0.752. The molecule has 0 N–H and O–H groups in total. The third kappa shape index (κ3) is 2.54. The molecular weight excluding hydrogens is 248 g/mol. The first-order valence-electron chi connectivity index (χ1n) is 6.53. The molecule has 0 atom stereocenters. The lowest BCUT2D eigenvalue weighted by molar-refractivity contribution is 0.112. The predicted molar refractivity (Wildman–Crippen MR) is 78.8 cm³/mol. The van der Waals surface area contributed by atoms with Crippen molar-refractivity contribution in [1.29, 1.82) is 0 Å². The van der Waals surface area contributed by atoms with Crippen LogP contribution < -0.4 is 0 Å². The van der Waals surface area contributed by atoms with E-state index in [1.165, 1.54) is 5.56 Å². The van der Waals surface area contributed by atoms with Crippen LogP contribution in [0.3, 0.4) is 0 Å². The van der Waals surface area contributed by atoms with Gasteiger partial charge in [0.25, 0.3) is 0 Å². The van der Waals surface area contributed by atoms with Gasteiger partial charge in [0.2, 0.25) is 0 Å². The summed E-state index contributed by atoms with van der Waals surface area (Å²) in [4.78, 5) is 11.0. The van der Waals surface area contributed by atoms with E-state index in [2.05, 4.69) is 12.1 Å². The highest BCUT2D eigenvalue weighted by Crippen LogP contribution is 2.21. The molecule has 0 radical (unpaired) electrons. The number of benzene rings is 2. The van der Waals surface area contributed by atoms with E-state index < -0.39 is 0 Å². The van der Waals surface area contributed by atoms with Crippen LogP contribution in [0.1, 0.15) is 21.5 Å². The van der Waals surface area contributed by atoms with E-state index in [-0.39, 0.29) is 0 Å². The fraction of sp³-hybridized carbons (Fsp3) is 0.0556. The Labute approximate surface area is 117 Å². The summed E-state index contributed by atoms with van der Waals surface area (Å²) in [7, 11) is 0. The SMILES string of the molecule is O=Cc1ccccc1Cc1ccc(-c2ccco2)cc1. The number of hydrogen-bond acceptors (Lipinski definition) is 2. The van der Waals surface area contributed by atoms with E-state index in [4.69, 9.17) is 4.42 Å². The molecule has 0 aliphatic carbocycles. The Morgan fingerprint density at radius 1 is 0.900 bits per heavy atom. The third-order valence-corrected chi connectivity index (χ3v) is 3.34. The van der Waals surface area contributed by atoms with Gasteiger partial charge >= 0.3 is 0 Å². The fourth-order valence-corrected chi connectivity index (χ4v) is 2.26. The van der Waals surface area contributed by atoms with Crippen LogP contribution in [0, 0.1) is 0 Å². The summed E-state index contributed by atoms with van der Waals surface area (Å²) >= 11 is 0. The van der Waals surface area contributed by atoms with Crippen LogP contribution in [0.2, 0.25) is 0 Å². The number of rotatable bonds is 4. The number of aldehydes is 1. The highest BCUT2D eigenvalue weighted by molar-refractivity contribution is 5.77. The molecule has 0 amide bonds. The maximum absolute atomic E-state index is 11.0. The van der Waals surface area contributed by atoms with Crippen molar-refractivity contribution in [3.05, 3.63) is 83.6 Å². The highest BCUT2D eigenvalue weighted by atomic mass is 16.3. The monoisotopic (exact) mass is 262 g/mol. The van der Waals surface area contributed by atoms with Crippen molar-refractivity contribution >= 4 is 6.29 Å². The van der Waals surface area contributed by atoms with Crippen molar-refractivity contribution in [3.8, 4) is 11.3 Å². The second kappa shape index (κ2) is 5.57. The minimum Gasteiger partial charge on any atom is -0.464 e. The van der Waals surface area contributed by atoms with Crippen LogP contribution in [0.5, 0.6) is 0 Å². The second-order valence-corrected chi connectivity index (χ2v) is 4.67. The zero-order valence-electron chi connectivity index (χ0n) is 11.0. The Hall–Kier alpha value is -2.61. The Balaban J connectivity index is 1.83. The summed E-state index contributed by atoms with van der Waals surface area (Å²) < 4.78 is 5.37. The van der Waals surface area contributed by atoms with Crippen LogP contribution >= 0.6 is 0 Å². The standard InChI is InChI=1S/C18H14O2/c19-13-17-5-2-1-4-16(17)12-14-7-9-15(10-8-14)18-6-3-11-20-18/h1-11,13H,12H2. The molecule has 3 aromatic rings. The van der Waals surface area contributed by atoms with Gasteiger partial charge in [-0.1, -0.05) is 48.5 Å². The van der Waals surface area contributed by atoms with Crippen molar-refractivity contribution in [2.24, 2.45) is 0 Å². The topological polar surface area (TPSA) is 30.2 Å². The largest absolute Gasteiger partial charge is 0.464 e. The van der Waals surface area contributed by atoms with Crippen molar-refractivity contribution in [2.75, 3.05) is 0 Å². The number of hydrogen-bond donors (Lipinski definition) is 0. The van der Waals surface area contributed by atoms with Gasteiger partial charge in [-0.3, -0.25) is 4.79 Å². The lowest BCUT2D eigenvalue weighted by Gasteiger charge is -2.05. The molecule has 0 unspecified atom stereocenters. The van der Waals surface area contributed by atoms with Crippen molar-refractivity contribution < 1.29 is 9.21 Å². The Morgan fingerprint density at radius 2 is 1.70 bits per heavy atom. The van der Waals surface area contributed by atoms with E-state index in [9.17, 15) is 4.79 Å². The average Bonchev–Trinajstić information content (AvgIpc) is 3.03. The summed E-state index contributed by atoms with van der Waals surface area (Å²) in [6.07, 6.45) is 3.34. The Kier molecular flexibility index (Phi) is 3.46. The zero-order chi connectivity index (χ0) is 13.8. The molecule has 2 aromatic carbocycles. The van der Waals surface area contributed by atoms with Crippen LogP contribution in [0.25, 0.3) is 11.3 Å². The molecule has 0 fully saturated rings. The van der Waals surface area contributed by atoms with Crippen LogP contribution in [-0.2, 0) is 6.42 Å². The second-order valence-electron chi connectivity index (χ2n) is 4.67. The van der Waals surface area contributed by atoms with Gasteiger partial charge in [0.1, 0.15) is 12.0 Å². The quantitative estimate of drug-likeness (QED) is 0.654. The molecule has 2 nitrogen and oxygen atoms in total. The molecule has 0 saturated heterocycles. The Morgan fingerprint density at radius 3 is 2.40 bits per heavy atom. The van der Waals surface area contributed by atoms with E-state index in [1.54, 1.807) is 6.26 Å². The summed E-state index contributed by atoms with van der Waals surface area (Å²) in [5.74, 6) is 0.866. The van der Waals surface area contributed by atoms with E-state index in [0.29, 0.717) is 0 Å². The third-order valence-electron chi connectivity index (χ3n) is 3.34. The maximum atomic E-state index is 11.0. The zero-order valence-corrected chi connectivity index (χ0v) is 11.0. The molecule has 0 bridgehead atoms. The molecule has 1 heterocycles. The first-order valence-corrected chi connectivity index (χ1v) is 6.53. The lowest BCUT2D eigenvalue weighted by atomic mass is 9.99. The summed E-state index contributed by atoms with van der Waals surface area (Å²) in [6.45, 7) is 0. The van der Waals surface area contributed by atoms with Gasteiger partial charge in [-0.05, 0) is 29.7 Å². The van der Waals surface area contributed by atoms with Gasteiger partial charge in [0.05, 0.1) is 6.26 Å². The fourth-order valence-electron chi connectivity index (χ4n) is 2.26. The molecule has 0 saturated carbocycles. The molecule has 20 heavy (non-hydrogen) atoms. The lowest BCUT2D eigenvalue weighted by Crippen LogP contribution is -1.94. The summed E-state index contributed by atoms with van der Waals surface area (Å²) in [6, 6.07) is 19.7. The maximum Gasteiger partial charge on any atom is 0.150 e. The molecule has 98 valence electrons. The normalized spacial score (nSPS) is 10.4. The molecule has 3 rings (SSSR count). The molecular formula is C18H14O2. The van der Waals surface area contributed by atoms with Gasteiger partial charge in [0.15, 0.2) is 0 Å². The molecule has 0 aliphatic heterocycles. The Bertz CT molecular complexity index is 695. The first-order chi connectivity index (χ1) is 9.86. The number of furan rings is 1. The van der Waals surface area contributed by atoms with Gasteiger partial charge in [0, 0.05) is 11.1 Å². The summed E-state index contributed by atoms with van der Waals surface area (Å²) in [5.41, 5.74) is 4.04. The molecule has 2 heteroatoms. The van der Waals surface area contributed by atoms with Gasteiger partial charge in [-0.25, -0.2) is 0 Å². The van der Waals surface area contributed by atoms with Crippen LogP contribution in [0.15, 0.2) is 71.3 Å². The predicted octanol–water partition coefficient (Wildman–Crippen LogP) is 4.35. The first kappa shape index (κ1) is 12.4. The van der Waals surface area contributed by atoms with E-state index in [1.807, 2.05) is 48.5 Å². The van der Waals surface area contributed by atoms with Crippen LogP contribution in [-0.4, -0.2) is 6.29 Å². The van der Waals surface area contributed by atoms with E-state index in [0.717, 1.165) is 35.2 Å². The van der Waals surface area contributed by atoms with Crippen molar-refractivity contribution in [3.63, 3.8) is 0 Å². The average molecular weight is 262 g/mol. The van der Waals surface area contributed by atoms with Gasteiger partial charge in [-0.15, -0.1) is 0 Å². The molecule has 1 aromatic heterocycles. The van der Waals surface area contributed by atoms with Crippen molar-refractivity contribution in [2.45, 2.75) is 6.42 Å². The number of carbonyl (C=O) groups excluding carboxylic acids is 1. The van der Waals surface area contributed by atoms with Crippen molar-refractivity contribution in [1.82, 2.24) is 0 Å². The van der Waals surface area contributed by atoms with E-state index >= 15 is 0 Å². The minimum atomic E-state index is 0.752. The van der Waals surface area contributed by atoms with Gasteiger partial charge in [-0.2, -0.15) is 0 Å². The van der Waals surface area contributed by atoms with Gasteiger partial charge < -0.3 is 4.42 Å². The smallest absolute Gasteiger partial charge is 0.150 e. The summed E-state index contributed by atoms with van der Waals surface area (Å²) in [5, 5.41) is 0. The number of carbonyl (C=O) groups is 1.